The molecule has 104 valence electrons. The van der Waals surface area contributed by atoms with E-state index >= 15 is 0 Å². The summed E-state index contributed by atoms with van der Waals surface area (Å²) in [5.41, 5.74) is 0.262. The molecule has 2 aromatic rings. The first kappa shape index (κ1) is 13.9. The van der Waals surface area contributed by atoms with Gasteiger partial charge in [-0.15, -0.1) is 0 Å². The number of halogens is 2. The molecule has 1 heterocycles. The van der Waals surface area contributed by atoms with Gasteiger partial charge in [-0.05, 0) is 31.2 Å². The Bertz CT molecular complexity index is 615. The lowest BCUT2D eigenvalue weighted by atomic mass is 10.2. The predicted molar refractivity (Wildman–Crippen MR) is 69.8 cm³/mol. The number of nitrogens with one attached hydrogen (secondary N) is 1. The van der Waals surface area contributed by atoms with Gasteiger partial charge in [-0.1, -0.05) is 6.07 Å². The number of anilines is 2. The van der Waals surface area contributed by atoms with Crippen LogP contribution in [0, 0.1) is 11.6 Å². The number of pyridine rings is 1. The van der Waals surface area contributed by atoms with Crippen LogP contribution in [0.15, 0.2) is 36.5 Å². The van der Waals surface area contributed by atoms with Crippen molar-refractivity contribution in [3.05, 3.63) is 53.7 Å². The van der Waals surface area contributed by atoms with E-state index in [0.29, 0.717) is 5.82 Å². The fraction of sp³-hybridized carbons (Fsp3) is 0.143. The van der Waals surface area contributed by atoms with Crippen LogP contribution in [0.3, 0.4) is 0 Å². The van der Waals surface area contributed by atoms with E-state index < -0.39 is 17.6 Å². The van der Waals surface area contributed by atoms with Gasteiger partial charge in [0.2, 0.25) is 0 Å². The Morgan fingerprint density at radius 1 is 1.30 bits per heavy atom. The van der Waals surface area contributed by atoms with Gasteiger partial charge in [0.05, 0.1) is 17.9 Å². The molecule has 1 aromatic carbocycles. The van der Waals surface area contributed by atoms with Gasteiger partial charge in [-0.3, -0.25) is 0 Å². The first-order chi connectivity index (χ1) is 9.61. The molecule has 0 saturated carbocycles. The van der Waals surface area contributed by atoms with Gasteiger partial charge in [-0.25, -0.2) is 18.6 Å². The van der Waals surface area contributed by atoms with Crippen LogP contribution in [0.25, 0.3) is 0 Å². The largest absolute Gasteiger partial charge is 0.462 e. The van der Waals surface area contributed by atoms with E-state index in [0.717, 1.165) is 6.07 Å². The number of aromatic nitrogens is 1. The quantitative estimate of drug-likeness (QED) is 0.872. The van der Waals surface area contributed by atoms with Crippen molar-refractivity contribution in [2.24, 2.45) is 0 Å². The molecule has 0 aliphatic carbocycles. The average Bonchev–Trinajstić information content (AvgIpc) is 2.45. The Morgan fingerprint density at radius 2 is 2.10 bits per heavy atom. The standard InChI is InChI=1S/C14H12F2N2O2/c1-2-20-14(19)9-6-7-12(17-8-9)18-11-5-3-4-10(15)13(11)16/h3-8H,2H2,1H3,(H,17,18). The number of rotatable bonds is 4. The second-order valence-electron chi connectivity index (χ2n) is 3.88. The molecular weight excluding hydrogens is 266 g/mol. The van der Waals surface area contributed by atoms with Gasteiger partial charge in [0.25, 0.3) is 0 Å². The average molecular weight is 278 g/mol. The number of hydrogen-bond donors (Lipinski definition) is 1. The van der Waals surface area contributed by atoms with Crippen LogP contribution in [0.4, 0.5) is 20.3 Å². The van der Waals surface area contributed by atoms with Gasteiger partial charge in [-0.2, -0.15) is 0 Å². The number of nitrogens with zero attached hydrogens (tertiary/aromatic N) is 1. The Balaban J connectivity index is 2.15. The van der Waals surface area contributed by atoms with Gasteiger partial charge < -0.3 is 10.1 Å². The number of ether oxygens (including phenoxy) is 1. The summed E-state index contributed by atoms with van der Waals surface area (Å²) >= 11 is 0. The molecule has 2 rings (SSSR count). The topological polar surface area (TPSA) is 51.2 Å². The van der Waals surface area contributed by atoms with Crippen molar-refractivity contribution in [1.82, 2.24) is 4.98 Å². The third-order valence-corrected chi connectivity index (χ3v) is 2.49. The van der Waals surface area contributed by atoms with Crippen LogP contribution in [-0.2, 0) is 4.74 Å². The Hall–Kier alpha value is -2.50. The molecule has 0 aliphatic heterocycles. The van der Waals surface area contributed by atoms with E-state index in [1.807, 2.05) is 0 Å². The highest BCUT2D eigenvalue weighted by atomic mass is 19.2. The van der Waals surface area contributed by atoms with Crippen molar-refractivity contribution >= 4 is 17.5 Å². The normalized spacial score (nSPS) is 10.2. The molecule has 0 radical (unpaired) electrons. The molecule has 1 N–H and O–H groups in total. The summed E-state index contributed by atoms with van der Waals surface area (Å²) in [6.45, 7) is 1.97. The van der Waals surface area contributed by atoms with Crippen molar-refractivity contribution in [2.45, 2.75) is 6.92 Å². The zero-order valence-electron chi connectivity index (χ0n) is 10.7. The Labute approximate surface area is 114 Å². The van der Waals surface area contributed by atoms with E-state index in [9.17, 15) is 13.6 Å². The lowest BCUT2D eigenvalue weighted by molar-refractivity contribution is 0.0526. The molecule has 0 unspecified atom stereocenters. The van der Waals surface area contributed by atoms with Crippen molar-refractivity contribution in [3.63, 3.8) is 0 Å². The minimum atomic E-state index is -0.983. The zero-order chi connectivity index (χ0) is 14.5. The molecule has 0 amide bonds. The molecule has 0 spiro atoms. The van der Waals surface area contributed by atoms with Crippen LogP contribution in [-0.4, -0.2) is 17.6 Å². The monoisotopic (exact) mass is 278 g/mol. The first-order valence-corrected chi connectivity index (χ1v) is 5.96. The van der Waals surface area contributed by atoms with Gasteiger partial charge in [0, 0.05) is 6.20 Å². The highest BCUT2D eigenvalue weighted by Gasteiger charge is 2.09. The summed E-state index contributed by atoms with van der Waals surface area (Å²) in [5.74, 6) is -2.12. The van der Waals surface area contributed by atoms with Crippen LogP contribution in [0.5, 0.6) is 0 Å². The Kier molecular flexibility index (Phi) is 4.24. The van der Waals surface area contributed by atoms with E-state index in [2.05, 4.69) is 10.3 Å². The summed E-state index contributed by atoms with van der Waals surface area (Å²) < 4.78 is 31.3. The maximum absolute atomic E-state index is 13.5. The smallest absolute Gasteiger partial charge is 0.339 e. The first-order valence-electron chi connectivity index (χ1n) is 5.96. The van der Waals surface area contributed by atoms with Crippen molar-refractivity contribution in [3.8, 4) is 0 Å². The van der Waals surface area contributed by atoms with E-state index in [4.69, 9.17) is 4.74 Å². The molecule has 0 aliphatic rings. The molecular formula is C14H12F2N2O2. The van der Waals surface area contributed by atoms with Crippen LogP contribution < -0.4 is 5.32 Å². The van der Waals surface area contributed by atoms with E-state index in [-0.39, 0.29) is 17.9 Å². The van der Waals surface area contributed by atoms with Crippen LogP contribution >= 0.6 is 0 Å². The van der Waals surface area contributed by atoms with Crippen molar-refractivity contribution in [2.75, 3.05) is 11.9 Å². The summed E-state index contributed by atoms with van der Waals surface area (Å²) in [4.78, 5) is 15.4. The van der Waals surface area contributed by atoms with E-state index in [1.54, 1.807) is 6.92 Å². The number of hydrogen-bond acceptors (Lipinski definition) is 4. The van der Waals surface area contributed by atoms with Gasteiger partial charge in [0.1, 0.15) is 5.82 Å². The van der Waals surface area contributed by atoms with Crippen molar-refractivity contribution < 1.29 is 18.3 Å². The zero-order valence-corrected chi connectivity index (χ0v) is 10.7. The van der Waals surface area contributed by atoms with Gasteiger partial charge in [0.15, 0.2) is 11.6 Å². The van der Waals surface area contributed by atoms with Gasteiger partial charge >= 0.3 is 5.97 Å². The van der Waals surface area contributed by atoms with Crippen LogP contribution in [0.2, 0.25) is 0 Å². The fourth-order valence-corrected chi connectivity index (χ4v) is 1.54. The summed E-state index contributed by atoms with van der Waals surface area (Å²) in [7, 11) is 0. The van der Waals surface area contributed by atoms with E-state index in [1.165, 1.54) is 30.5 Å². The molecule has 4 nitrogen and oxygen atoms in total. The third kappa shape index (κ3) is 3.09. The van der Waals surface area contributed by atoms with Crippen LogP contribution in [0.1, 0.15) is 17.3 Å². The molecule has 0 saturated heterocycles. The molecule has 1 aromatic heterocycles. The fourth-order valence-electron chi connectivity index (χ4n) is 1.54. The molecule has 0 atom stereocenters. The molecule has 6 heteroatoms. The minimum Gasteiger partial charge on any atom is -0.462 e. The maximum Gasteiger partial charge on any atom is 0.339 e. The second-order valence-corrected chi connectivity index (χ2v) is 3.88. The number of benzene rings is 1. The Morgan fingerprint density at radius 3 is 2.75 bits per heavy atom. The lowest BCUT2D eigenvalue weighted by Gasteiger charge is -2.07. The molecule has 0 bridgehead atoms. The third-order valence-electron chi connectivity index (χ3n) is 2.49. The summed E-state index contributed by atoms with van der Waals surface area (Å²) in [6.07, 6.45) is 1.30. The number of esters is 1. The summed E-state index contributed by atoms with van der Waals surface area (Å²) in [5, 5.41) is 2.63. The SMILES string of the molecule is CCOC(=O)c1ccc(Nc2cccc(F)c2F)nc1. The lowest BCUT2D eigenvalue weighted by Crippen LogP contribution is -2.05. The number of carbonyl (C=O) groups excluding carboxylic acids is 1. The van der Waals surface area contributed by atoms with Crippen molar-refractivity contribution in [1.29, 1.82) is 0 Å². The highest BCUT2D eigenvalue weighted by Crippen LogP contribution is 2.20. The molecule has 0 fully saturated rings. The highest BCUT2D eigenvalue weighted by molar-refractivity contribution is 5.89. The second kappa shape index (κ2) is 6.10. The summed E-state index contributed by atoms with van der Waals surface area (Å²) in [6, 6.07) is 6.77. The minimum absolute atomic E-state index is 0.0265. The predicted octanol–water partition coefficient (Wildman–Crippen LogP) is 3.28. The molecule has 20 heavy (non-hydrogen) atoms. The maximum atomic E-state index is 13.5. The number of carbonyl (C=O) groups is 1.